The van der Waals surface area contributed by atoms with Crippen molar-refractivity contribution in [1.29, 1.82) is 0 Å². The molecule has 0 bridgehead atoms. The fourth-order valence-corrected chi connectivity index (χ4v) is 0.696. The Morgan fingerprint density at radius 2 is 2.57 bits per heavy atom. The van der Waals surface area contributed by atoms with Crippen molar-refractivity contribution >= 4 is 0 Å². The van der Waals surface area contributed by atoms with E-state index in [2.05, 4.69) is 6.92 Å². The third-order valence-electron chi connectivity index (χ3n) is 1.37. The van der Waals surface area contributed by atoms with Crippen molar-refractivity contribution in [1.82, 2.24) is 0 Å². The summed E-state index contributed by atoms with van der Waals surface area (Å²) in [4.78, 5) is 0. The van der Waals surface area contributed by atoms with E-state index < -0.39 is 0 Å². The molecule has 0 radical (unpaired) electrons. The average molecular weight is 98.1 g/mol. The number of hydrogen-bond acceptors (Lipinski definition) is 1. The third-order valence-corrected chi connectivity index (χ3v) is 1.37. The molecule has 1 aliphatic rings. The van der Waals surface area contributed by atoms with Crippen molar-refractivity contribution in [2.75, 3.05) is 6.61 Å². The molecular formula is C6H10O. The van der Waals surface area contributed by atoms with E-state index in [0.29, 0.717) is 0 Å². The Morgan fingerprint density at radius 1 is 2.00 bits per heavy atom. The van der Waals surface area contributed by atoms with Crippen LogP contribution >= 0.6 is 0 Å². The van der Waals surface area contributed by atoms with Crippen LogP contribution in [0.1, 0.15) is 13.3 Å². The van der Waals surface area contributed by atoms with Crippen molar-refractivity contribution < 1.29 is 5.11 Å². The van der Waals surface area contributed by atoms with Gasteiger partial charge in [0.05, 0.1) is 6.61 Å². The normalized spacial score (nSPS) is 34.0. The van der Waals surface area contributed by atoms with E-state index in [-0.39, 0.29) is 6.61 Å². The molecule has 0 spiro atoms. The topological polar surface area (TPSA) is 20.2 Å². The molecule has 0 saturated heterocycles. The molecule has 1 unspecified atom stereocenters. The van der Waals surface area contributed by atoms with Crippen LogP contribution < -0.4 is 0 Å². The second-order valence-corrected chi connectivity index (χ2v) is 2.07. The van der Waals surface area contributed by atoms with Crippen LogP contribution in [0.5, 0.6) is 0 Å². The summed E-state index contributed by atoms with van der Waals surface area (Å²) < 4.78 is 0. The van der Waals surface area contributed by atoms with Gasteiger partial charge in [0.1, 0.15) is 0 Å². The third kappa shape index (κ3) is 1.03. The lowest BCUT2D eigenvalue weighted by Crippen LogP contribution is -1.68. The van der Waals surface area contributed by atoms with E-state index in [0.717, 1.165) is 5.92 Å². The van der Waals surface area contributed by atoms with Gasteiger partial charge in [-0.05, 0) is 12.3 Å². The molecule has 0 amide bonds. The van der Waals surface area contributed by atoms with Gasteiger partial charge in [0, 0.05) is 0 Å². The summed E-state index contributed by atoms with van der Waals surface area (Å²) in [6.07, 6.45) is 3.10. The summed E-state index contributed by atoms with van der Waals surface area (Å²) in [5, 5.41) is 8.32. The molecule has 1 fully saturated rings. The lowest BCUT2D eigenvalue weighted by molar-refractivity contribution is 0.342. The molecule has 1 rings (SSSR count). The van der Waals surface area contributed by atoms with E-state index in [1.165, 1.54) is 12.0 Å². The van der Waals surface area contributed by atoms with Gasteiger partial charge in [0.2, 0.25) is 0 Å². The van der Waals surface area contributed by atoms with Gasteiger partial charge in [-0.15, -0.1) is 0 Å². The maximum absolute atomic E-state index is 8.32. The average Bonchev–Trinajstić information content (AvgIpc) is 2.22. The Balaban J connectivity index is 2.30. The molecule has 0 aliphatic heterocycles. The lowest BCUT2D eigenvalue weighted by Gasteiger charge is -1.72. The molecule has 1 aliphatic carbocycles. The summed E-state index contributed by atoms with van der Waals surface area (Å²) in [5.41, 5.74) is 1.42. The van der Waals surface area contributed by atoms with E-state index in [9.17, 15) is 0 Å². The van der Waals surface area contributed by atoms with E-state index >= 15 is 0 Å². The summed E-state index contributed by atoms with van der Waals surface area (Å²) in [6.45, 7) is 2.39. The van der Waals surface area contributed by atoms with Crippen LogP contribution in [0.3, 0.4) is 0 Å². The minimum Gasteiger partial charge on any atom is -0.392 e. The van der Waals surface area contributed by atoms with Crippen molar-refractivity contribution in [2.45, 2.75) is 13.3 Å². The van der Waals surface area contributed by atoms with Crippen LogP contribution in [0.2, 0.25) is 0 Å². The van der Waals surface area contributed by atoms with Crippen LogP contribution in [0, 0.1) is 5.92 Å². The number of aliphatic hydroxyl groups is 1. The molecule has 0 aromatic heterocycles. The van der Waals surface area contributed by atoms with Crippen LogP contribution in [0.4, 0.5) is 0 Å². The van der Waals surface area contributed by atoms with Gasteiger partial charge >= 0.3 is 0 Å². The van der Waals surface area contributed by atoms with Gasteiger partial charge in [-0.3, -0.25) is 0 Å². The van der Waals surface area contributed by atoms with Crippen LogP contribution in [0.15, 0.2) is 11.6 Å². The van der Waals surface area contributed by atoms with Gasteiger partial charge in [-0.1, -0.05) is 18.6 Å². The maximum Gasteiger partial charge on any atom is 0.0615 e. The highest BCUT2D eigenvalue weighted by molar-refractivity contribution is 5.21. The van der Waals surface area contributed by atoms with Crippen LogP contribution in [-0.4, -0.2) is 11.7 Å². The molecule has 0 aromatic rings. The van der Waals surface area contributed by atoms with Gasteiger partial charge in [-0.2, -0.15) is 0 Å². The Hall–Kier alpha value is -0.300. The van der Waals surface area contributed by atoms with Crippen molar-refractivity contribution in [2.24, 2.45) is 5.92 Å². The molecular weight excluding hydrogens is 88.1 g/mol. The molecule has 7 heavy (non-hydrogen) atoms. The predicted molar refractivity (Wildman–Crippen MR) is 28.9 cm³/mol. The molecule has 1 nitrogen and oxygen atoms in total. The zero-order chi connectivity index (χ0) is 5.28. The zero-order valence-corrected chi connectivity index (χ0v) is 4.52. The standard InChI is InChI=1S/C6H10O/c1-5-4-6(5)2-3-7/h2,5,7H,3-4H2,1H3/b6-2+. The Labute approximate surface area is 43.7 Å². The fraction of sp³-hybridized carbons (Fsp3) is 0.667. The number of hydrogen-bond donors (Lipinski definition) is 1. The monoisotopic (exact) mass is 98.1 g/mol. The summed E-state index contributed by atoms with van der Waals surface area (Å²) >= 11 is 0. The fourth-order valence-electron chi connectivity index (χ4n) is 0.696. The minimum absolute atomic E-state index is 0.222. The largest absolute Gasteiger partial charge is 0.392 e. The number of rotatable bonds is 1. The quantitative estimate of drug-likeness (QED) is 0.484. The highest BCUT2D eigenvalue weighted by Crippen LogP contribution is 2.35. The van der Waals surface area contributed by atoms with Crippen molar-refractivity contribution in [3.8, 4) is 0 Å². The Bertz CT molecular complexity index is 94.4. The molecule has 1 saturated carbocycles. The van der Waals surface area contributed by atoms with Gasteiger partial charge in [0.25, 0.3) is 0 Å². The number of allylic oxidation sites excluding steroid dienone is 1. The molecule has 1 atom stereocenters. The smallest absolute Gasteiger partial charge is 0.0615 e. The first kappa shape index (κ1) is 4.85. The van der Waals surface area contributed by atoms with Crippen LogP contribution in [0.25, 0.3) is 0 Å². The van der Waals surface area contributed by atoms with E-state index in [4.69, 9.17) is 5.11 Å². The summed E-state index contributed by atoms with van der Waals surface area (Å²) in [6, 6.07) is 0. The summed E-state index contributed by atoms with van der Waals surface area (Å²) in [5.74, 6) is 0.771. The second kappa shape index (κ2) is 1.66. The first-order valence-corrected chi connectivity index (χ1v) is 2.64. The molecule has 1 N–H and O–H groups in total. The van der Waals surface area contributed by atoms with Crippen LogP contribution in [-0.2, 0) is 0 Å². The van der Waals surface area contributed by atoms with Gasteiger partial charge in [-0.25, -0.2) is 0 Å². The SMILES string of the molecule is CC1C/C1=C\CO. The second-order valence-electron chi connectivity index (χ2n) is 2.07. The number of aliphatic hydroxyl groups excluding tert-OH is 1. The molecule has 0 heterocycles. The first-order valence-electron chi connectivity index (χ1n) is 2.64. The predicted octanol–water partition coefficient (Wildman–Crippen LogP) is 0.945. The molecule has 1 heteroatoms. The maximum atomic E-state index is 8.32. The minimum atomic E-state index is 0.222. The molecule has 40 valence electrons. The highest BCUT2D eigenvalue weighted by atomic mass is 16.2. The van der Waals surface area contributed by atoms with Gasteiger partial charge < -0.3 is 5.11 Å². The van der Waals surface area contributed by atoms with E-state index in [1.807, 2.05) is 6.08 Å². The molecule has 0 aromatic carbocycles. The Kier molecular flexibility index (Phi) is 1.15. The van der Waals surface area contributed by atoms with Crippen molar-refractivity contribution in [3.05, 3.63) is 11.6 Å². The Morgan fingerprint density at radius 3 is 2.71 bits per heavy atom. The zero-order valence-electron chi connectivity index (χ0n) is 4.52. The van der Waals surface area contributed by atoms with Crippen molar-refractivity contribution in [3.63, 3.8) is 0 Å². The lowest BCUT2D eigenvalue weighted by atomic mass is 10.4. The highest BCUT2D eigenvalue weighted by Gasteiger charge is 2.22. The van der Waals surface area contributed by atoms with Gasteiger partial charge in [0.15, 0.2) is 0 Å². The van der Waals surface area contributed by atoms with E-state index in [1.54, 1.807) is 0 Å². The summed E-state index contributed by atoms with van der Waals surface area (Å²) in [7, 11) is 0. The first-order chi connectivity index (χ1) is 3.34.